The molecule has 0 aliphatic heterocycles. The fourth-order valence-electron chi connectivity index (χ4n) is 1.87. The van der Waals surface area contributed by atoms with Crippen molar-refractivity contribution in [2.75, 3.05) is 33.9 Å². The lowest BCUT2D eigenvalue weighted by Crippen LogP contribution is -2.37. The van der Waals surface area contributed by atoms with Crippen molar-refractivity contribution in [3.63, 3.8) is 0 Å². The van der Waals surface area contributed by atoms with E-state index in [1.165, 1.54) is 11.1 Å². The minimum absolute atomic E-state index is 0.00237. The van der Waals surface area contributed by atoms with Gasteiger partial charge < -0.3 is 25.6 Å². The Morgan fingerprint density at radius 2 is 1.89 bits per heavy atom. The molecular weight excluding hydrogens is 244 g/mol. The Bertz CT molecular complexity index is 397. The zero-order valence-electron chi connectivity index (χ0n) is 11.9. The van der Waals surface area contributed by atoms with Gasteiger partial charge in [-0.05, 0) is 43.1 Å². The van der Waals surface area contributed by atoms with Crippen molar-refractivity contribution >= 4 is 0 Å². The molecule has 0 heterocycles. The van der Waals surface area contributed by atoms with Gasteiger partial charge in [-0.15, -0.1) is 0 Å². The van der Waals surface area contributed by atoms with E-state index in [0.717, 1.165) is 24.5 Å². The molecular formula is C14H24N2O3. The Morgan fingerprint density at radius 3 is 2.47 bits per heavy atom. The number of hydrogen-bond donors (Lipinski definition) is 3. The number of benzene rings is 1. The zero-order valence-corrected chi connectivity index (χ0v) is 11.9. The van der Waals surface area contributed by atoms with Gasteiger partial charge in [-0.1, -0.05) is 0 Å². The van der Waals surface area contributed by atoms with Crippen LogP contribution in [0.25, 0.3) is 0 Å². The van der Waals surface area contributed by atoms with Gasteiger partial charge in [0.1, 0.15) is 0 Å². The van der Waals surface area contributed by atoms with Crippen LogP contribution in [0.2, 0.25) is 0 Å². The zero-order chi connectivity index (χ0) is 14.3. The summed E-state index contributed by atoms with van der Waals surface area (Å²) in [5.41, 5.74) is 8.00. The van der Waals surface area contributed by atoms with Crippen molar-refractivity contribution in [2.45, 2.75) is 19.4 Å². The predicted octanol–water partition coefficient (Wildman–Crippen LogP) is 0.464. The predicted molar refractivity (Wildman–Crippen MR) is 75.9 cm³/mol. The minimum Gasteiger partial charge on any atom is -0.493 e. The lowest BCUT2D eigenvalue weighted by atomic mass is 10.0. The molecule has 5 heteroatoms. The third-order valence-electron chi connectivity index (χ3n) is 3.05. The van der Waals surface area contributed by atoms with E-state index in [4.69, 9.17) is 20.3 Å². The molecule has 108 valence electrons. The molecule has 1 aromatic carbocycles. The van der Waals surface area contributed by atoms with Crippen LogP contribution in [-0.4, -0.2) is 45.1 Å². The Labute approximate surface area is 114 Å². The molecule has 0 saturated carbocycles. The van der Waals surface area contributed by atoms with Crippen molar-refractivity contribution in [1.29, 1.82) is 0 Å². The van der Waals surface area contributed by atoms with Crippen molar-refractivity contribution in [2.24, 2.45) is 5.73 Å². The van der Waals surface area contributed by atoms with Crippen molar-refractivity contribution in [3.8, 4) is 11.5 Å². The minimum atomic E-state index is -0.202. The Hall–Kier alpha value is -1.30. The first-order valence-corrected chi connectivity index (χ1v) is 6.41. The number of ether oxygens (including phenoxy) is 2. The number of hydrogen-bond acceptors (Lipinski definition) is 5. The van der Waals surface area contributed by atoms with Gasteiger partial charge in [-0.3, -0.25) is 0 Å². The quantitative estimate of drug-likeness (QED) is 0.597. The molecule has 0 aromatic heterocycles. The van der Waals surface area contributed by atoms with E-state index in [1.54, 1.807) is 14.2 Å². The summed E-state index contributed by atoms with van der Waals surface area (Å²) in [6.07, 6.45) is 0.879. The van der Waals surface area contributed by atoms with Crippen LogP contribution in [0.5, 0.6) is 11.5 Å². The van der Waals surface area contributed by atoms with Crippen LogP contribution in [0, 0.1) is 6.92 Å². The maximum Gasteiger partial charge on any atom is 0.161 e. The normalized spacial score (nSPS) is 12.3. The van der Waals surface area contributed by atoms with Crippen molar-refractivity contribution in [3.05, 3.63) is 23.3 Å². The topological polar surface area (TPSA) is 76.7 Å². The Balaban J connectivity index is 2.58. The molecule has 4 N–H and O–H groups in total. The molecule has 0 spiro atoms. The largest absolute Gasteiger partial charge is 0.493 e. The van der Waals surface area contributed by atoms with Crippen LogP contribution in [0.15, 0.2) is 12.1 Å². The van der Waals surface area contributed by atoms with E-state index in [1.807, 2.05) is 12.1 Å². The third-order valence-corrected chi connectivity index (χ3v) is 3.05. The molecule has 5 nitrogen and oxygen atoms in total. The summed E-state index contributed by atoms with van der Waals surface area (Å²) in [7, 11) is 3.27. The van der Waals surface area contributed by atoms with Crippen LogP contribution in [-0.2, 0) is 6.42 Å². The first kappa shape index (κ1) is 15.8. The lowest BCUT2D eigenvalue weighted by Gasteiger charge is -2.14. The second kappa shape index (κ2) is 7.99. The molecule has 1 atom stereocenters. The highest BCUT2D eigenvalue weighted by Gasteiger charge is 2.08. The fraction of sp³-hybridized carbons (Fsp3) is 0.571. The molecule has 0 radical (unpaired) electrons. The average Bonchev–Trinajstić information content (AvgIpc) is 2.43. The average molecular weight is 268 g/mol. The summed E-state index contributed by atoms with van der Waals surface area (Å²) in [6, 6.07) is 3.78. The highest BCUT2D eigenvalue weighted by atomic mass is 16.5. The van der Waals surface area contributed by atoms with Gasteiger partial charge in [-0.2, -0.15) is 0 Å². The highest BCUT2D eigenvalue weighted by molar-refractivity contribution is 5.47. The molecule has 0 fully saturated rings. The smallest absolute Gasteiger partial charge is 0.161 e. The first-order chi connectivity index (χ1) is 9.12. The summed E-state index contributed by atoms with van der Waals surface area (Å²) in [5, 5.41) is 12.0. The molecule has 0 amide bonds. The number of aliphatic hydroxyl groups excluding tert-OH is 1. The maximum absolute atomic E-state index is 8.83. The molecule has 1 aromatic rings. The molecule has 0 aliphatic carbocycles. The number of rotatable bonds is 8. The maximum atomic E-state index is 8.83. The Morgan fingerprint density at radius 1 is 1.26 bits per heavy atom. The van der Waals surface area contributed by atoms with E-state index in [0.29, 0.717) is 6.54 Å². The van der Waals surface area contributed by atoms with Gasteiger partial charge in [0.25, 0.3) is 0 Å². The molecule has 0 bridgehead atoms. The summed E-state index contributed by atoms with van der Waals surface area (Å²) in [5.74, 6) is 1.49. The number of nitrogens with two attached hydrogens (primary N) is 1. The van der Waals surface area contributed by atoms with Crippen LogP contribution < -0.4 is 20.5 Å². The fourth-order valence-corrected chi connectivity index (χ4v) is 1.87. The molecule has 1 rings (SSSR count). The van der Waals surface area contributed by atoms with Gasteiger partial charge in [0.05, 0.1) is 20.8 Å². The summed E-state index contributed by atoms with van der Waals surface area (Å²) in [4.78, 5) is 0. The number of nitrogens with one attached hydrogen (secondary N) is 1. The number of aliphatic hydroxyl groups is 1. The van der Waals surface area contributed by atoms with Crippen LogP contribution >= 0.6 is 0 Å². The van der Waals surface area contributed by atoms with Gasteiger partial charge >= 0.3 is 0 Å². The van der Waals surface area contributed by atoms with Crippen LogP contribution in [0.4, 0.5) is 0 Å². The van der Waals surface area contributed by atoms with Gasteiger partial charge in [0, 0.05) is 12.6 Å². The monoisotopic (exact) mass is 268 g/mol. The molecule has 0 saturated heterocycles. The van der Waals surface area contributed by atoms with E-state index < -0.39 is 0 Å². The second-order valence-corrected chi connectivity index (χ2v) is 4.53. The van der Waals surface area contributed by atoms with Crippen molar-refractivity contribution in [1.82, 2.24) is 5.32 Å². The number of methoxy groups -OCH3 is 2. The standard InChI is InChI=1S/C14H24N2O3/c1-10-6-13(18-2)14(19-3)7-11(10)4-5-16-8-12(15)9-17/h6-7,12,16-17H,4-5,8-9,15H2,1-3H3. The van der Waals surface area contributed by atoms with E-state index in [9.17, 15) is 0 Å². The lowest BCUT2D eigenvalue weighted by molar-refractivity contribution is 0.262. The molecule has 19 heavy (non-hydrogen) atoms. The SMILES string of the molecule is COc1cc(C)c(CCNCC(N)CO)cc1OC. The van der Waals surface area contributed by atoms with Crippen LogP contribution in [0.3, 0.4) is 0 Å². The van der Waals surface area contributed by atoms with E-state index in [2.05, 4.69) is 12.2 Å². The first-order valence-electron chi connectivity index (χ1n) is 6.41. The van der Waals surface area contributed by atoms with Crippen molar-refractivity contribution < 1.29 is 14.6 Å². The molecule has 0 aliphatic rings. The van der Waals surface area contributed by atoms with Gasteiger partial charge in [-0.25, -0.2) is 0 Å². The van der Waals surface area contributed by atoms with Gasteiger partial charge in [0.15, 0.2) is 11.5 Å². The number of aryl methyl sites for hydroxylation is 1. The third kappa shape index (κ3) is 4.70. The second-order valence-electron chi connectivity index (χ2n) is 4.53. The summed E-state index contributed by atoms with van der Waals surface area (Å²) in [6.45, 7) is 3.48. The Kier molecular flexibility index (Phi) is 6.62. The van der Waals surface area contributed by atoms with E-state index in [-0.39, 0.29) is 12.6 Å². The van der Waals surface area contributed by atoms with E-state index >= 15 is 0 Å². The van der Waals surface area contributed by atoms with Crippen LogP contribution in [0.1, 0.15) is 11.1 Å². The summed E-state index contributed by atoms with van der Waals surface area (Å²) < 4.78 is 10.6. The molecule has 1 unspecified atom stereocenters. The highest BCUT2D eigenvalue weighted by Crippen LogP contribution is 2.30. The van der Waals surface area contributed by atoms with Gasteiger partial charge in [0.2, 0.25) is 0 Å². The summed E-state index contributed by atoms with van der Waals surface area (Å²) >= 11 is 0.